The molecule has 222 valence electrons. The monoisotopic (exact) mass is 607 g/mol. The van der Waals surface area contributed by atoms with Crippen LogP contribution in [-0.4, -0.2) is 77.6 Å². The fourth-order valence-corrected chi connectivity index (χ4v) is 7.25. The second-order valence-corrected chi connectivity index (χ2v) is 14.1. The van der Waals surface area contributed by atoms with Gasteiger partial charge < -0.3 is 15.3 Å². The minimum Gasteiger partial charge on any atom is -0.390 e. The molecule has 42 heavy (non-hydrogen) atoms. The number of β-amino-alcohol motifs (C(OH)–C–C–N with tert-alkyl or cyclic N) is 1. The van der Waals surface area contributed by atoms with E-state index in [1.165, 1.54) is 41.0 Å². The molecule has 1 aromatic heterocycles. The molecule has 10 heteroatoms. The molecule has 1 atom stereocenters. The summed E-state index contributed by atoms with van der Waals surface area (Å²) in [6.45, 7) is 5.50. The van der Waals surface area contributed by atoms with Gasteiger partial charge in [-0.2, -0.15) is 9.40 Å². The normalized spacial score (nSPS) is 18.5. The van der Waals surface area contributed by atoms with Crippen molar-refractivity contribution in [2.75, 3.05) is 39.0 Å². The molecule has 3 aliphatic heterocycles. The number of fused-ring (bicyclic) bond motifs is 2. The van der Waals surface area contributed by atoms with E-state index < -0.39 is 16.1 Å². The van der Waals surface area contributed by atoms with Crippen LogP contribution in [0.3, 0.4) is 0 Å². The zero-order chi connectivity index (χ0) is 29.3. The number of halogens is 1. The number of nitrogens with zero attached hydrogens (tertiary/aromatic N) is 4. The average Bonchev–Trinajstić information content (AvgIpc) is 3.34. The fraction of sp³-hybridized carbons (Fsp3) is 0.469. The number of sulfonamides is 1. The van der Waals surface area contributed by atoms with Gasteiger partial charge in [0.15, 0.2) is 0 Å². The van der Waals surface area contributed by atoms with Crippen LogP contribution in [0.2, 0.25) is 5.02 Å². The number of piperidine rings is 1. The average molecular weight is 608 g/mol. The van der Waals surface area contributed by atoms with Gasteiger partial charge in [0, 0.05) is 60.5 Å². The highest BCUT2D eigenvalue weighted by atomic mass is 35.5. The van der Waals surface area contributed by atoms with E-state index in [0.717, 1.165) is 55.0 Å². The van der Waals surface area contributed by atoms with Crippen molar-refractivity contribution in [3.05, 3.63) is 74.9 Å². The molecule has 8 nitrogen and oxygen atoms in total. The molecular weight excluding hydrogens is 570 g/mol. The Kier molecular flexibility index (Phi) is 8.73. The topological polar surface area (TPSA) is 90.7 Å². The van der Waals surface area contributed by atoms with Gasteiger partial charge in [0.1, 0.15) is 0 Å². The summed E-state index contributed by atoms with van der Waals surface area (Å²) in [7, 11) is -3.37. The van der Waals surface area contributed by atoms with E-state index in [-0.39, 0.29) is 6.54 Å². The molecule has 0 amide bonds. The Hall–Kier alpha value is -2.71. The van der Waals surface area contributed by atoms with Crippen LogP contribution < -0.4 is 5.32 Å². The summed E-state index contributed by atoms with van der Waals surface area (Å²) in [5.74, 6) is 6.53. The lowest BCUT2D eigenvalue weighted by Crippen LogP contribution is -2.39. The third kappa shape index (κ3) is 6.60. The standard InChI is InChI=1S/C32H38ClN5O3S/c1-42(40,41)37-16-12-31-29(22-37)32(35-38(31)21-28(39)20-36-14-3-2-4-15-36)26-9-10-30(33)25(18-26)8-6-23-5-7-24-11-13-34-19-27(24)17-23/h5,7,9-10,17-18,28,34,39H,2-4,11-16,19-22H2,1H3. The van der Waals surface area contributed by atoms with Crippen molar-refractivity contribution in [2.45, 2.75) is 57.8 Å². The zero-order valence-electron chi connectivity index (χ0n) is 24.1. The van der Waals surface area contributed by atoms with Gasteiger partial charge in [-0.25, -0.2) is 8.42 Å². The number of benzene rings is 2. The van der Waals surface area contributed by atoms with E-state index in [2.05, 4.69) is 40.3 Å². The molecule has 3 aliphatic rings. The smallest absolute Gasteiger partial charge is 0.211 e. The van der Waals surface area contributed by atoms with Crippen molar-refractivity contribution in [3.8, 4) is 23.1 Å². The van der Waals surface area contributed by atoms with E-state index in [1.807, 2.05) is 22.9 Å². The first-order chi connectivity index (χ1) is 20.2. The molecule has 0 radical (unpaired) electrons. The maximum Gasteiger partial charge on any atom is 0.211 e. The Morgan fingerprint density at radius 3 is 2.67 bits per heavy atom. The van der Waals surface area contributed by atoms with Crippen molar-refractivity contribution in [3.63, 3.8) is 0 Å². The van der Waals surface area contributed by atoms with E-state index in [9.17, 15) is 13.5 Å². The zero-order valence-corrected chi connectivity index (χ0v) is 25.6. The maximum absolute atomic E-state index is 12.5. The molecule has 1 unspecified atom stereocenters. The lowest BCUT2D eigenvalue weighted by atomic mass is 9.98. The van der Waals surface area contributed by atoms with E-state index in [0.29, 0.717) is 42.3 Å². The van der Waals surface area contributed by atoms with Crippen molar-refractivity contribution in [1.82, 2.24) is 24.3 Å². The number of likely N-dealkylation sites (tertiary alicyclic amines) is 1. The summed E-state index contributed by atoms with van der Waals surface area (Å²) in [6, 6.07) is 12.0. The highest BCUT2D eigenvalue weighted by molar-refractivity contribution is 7.88. The Morgan fingerprint density at radius 2 is 1.86 bits per heavy atom. The summed E-state index contributed by atoms with van der Waals surface area (Å²) >= 11 is 6.59. The number of rotatable bonds is 6. The molecule has 2 aromatic carbocycles. The van der Waals surface area contributed by atoms with Gasteiger partial charge in [0.05, 0.1) is 29.6 Å². The van der Waals surface area contributed by atoms with Crippen LogP contribution in [0.1, 0.15) is 52.8 Å². The molecule has 0 spiro atoms. The molecule has 2 N–H and O–H groups in total. The summed E-state index contributed by atoms with van der Waals surface area (Å²) < 4.78 is 28.3. The fourth-order valence-electron chi connectivity index (χ4n) is 6.30. The van der Waals surface area contributed by atoms with Gasteiger partial charge in [-0.15, -0.1) is 0 Å². The largest absolute Gasteiger partial charge is 0.390 e. The van der Waals surface area contributed by atoms with E-state index in [4.69, 9.17) is 16.7 Å². The van der Waals surface area contributed by atoms with Crippen LogP contribution in [0.25, 0.3) is 11.3 Å². The number of nitrogens with one attached hydrogen (secondary N) is 1. The van der Waals surface area contributed by atoms with Crippen LogP contribution in [0.15, 0.2) is 36.4 Å². The van der Waals surface area contributed by atoms with Crippen molar-refractivity contribution < 1.29 is 13.5 Å². The molecule has 6 rings (SSSR count). The molecular formula is C32H38ClN5O3S. The molecule has 0 bridgehead atoms. The third-order valence-electron chi connectivity index (χ3n) is 8.54. The molecule has 1 fully saturated rings. The first-order valence-corrected chi connectivity index (χ1v) is 17.1. The number of hydrogen-bond acceptors (Lipinski definition) is 6. The Bertz CT molecular complexity index is 1640. The molecule has 4 heterocycles. The first-order valence-electron chi connectivity index (χ1n) is 14.8. The van der Waals surface area contributed by atoms with Crippen LogP contribution >= 0.6 is 11.6 Å². The summed E-state index contributed by atoms with van der Waals surface area (Å²) in [5, 5.41) is 19.9. The number of aliphatic hydroxyl groups excluding tert-OH is 1. The third-order valence-corrected chi connectivity index (χ3v) is 10.1. The number of aromatic nitrogens is 2. The van der Waals surface area contributed by atoms with E-state index in [1.54, 1.807) is 0 Å². The van der Waals surface area contributed by atoms with Crippen molar-refractivity contribution in [1.29, 1.82) is 0 Å². The predicted molar refractivity (Wildman–Crippen MR) is 166 cm³/mol. The molecule has 3 aromatic rings. The number of hydrogen-bond donors (Lipinski definition) is 2. The predicted octanol–water partition coefficient (Wildman–Crippen LogP) is 3.41. The summed E-state index contributed by atoms with van der Waals surface area (Å²) in [6.07, 6.45) is 5.84. The highest BCUT2D eigenvalue weighted by Crippen LogP contribution is 2.33. The van der Waals surface area contributed by atoms with Gasteiger partial charge in [-0.3, -0.25) is 4.68 Å². The maximum atomic E-state index is 12.5. The van der Waals surface area contributed by atoms with Gasteiger partial charge in [-0.1, -0.05) is 42.0 Å². The summed E-state index contributed by atoms with van der Waals surface area (Å²) in [5.41, 5.74) is 7.67. The first kappa shape index (κ1) is 29.4. The minimum absolute atomic E-state index is 0.249. The van der Waals surface area contributed by atoms with Crippen LogP contribution in [0, 0.1) is 11.8 Å². The Labute approximate surface area is 253 Å². The quantitative estimate of drug-likeness (QED) is 0.418. The van der Waals surface area contributed by atoms with E-state index >= 15 is 0 Å². The molecule has 1 saturated heterocycles. The Balaban J connectivity index is 1.31. The second kappa shape index (κ2) is 12.5. The van der Waals surface area contributed by atoms with Crippen LogP contribution in [0.4, 0.5) is 0 Å². The van der Waals surface area contributed by atoms with Gasteiger partial charge in [0.25, 0.3) is 0 Å². The number of aliphatic hydroxyl groups is 1. The van der Waals surface area contributed by atoms with Gasteiger partial charge in [-0.05, 0) is 74.3 Å². The van der Waals surface area contributed by atoms with Crippen molar-refractivity contribution in [2.24, 2.45) is 0 Å². The molecule has 0 saturated carbocycles. The van der Waals surface area contributed by atoms with Gasteiger partial charge >= 0.3 is 0 Å². The minimum atomic E-state index is -3.37. The lowest BCUT2D eigenvalue weighted by Gasteiger charge is -2.29. The lowest BCUT2D eigenvalue weighted by molar-refractivity contribution is 0.0847. The molecule has 0 aliphatic carbocycles. The second-order valence-electron chi connectivity index (χ2n) is 11.7. The summed E-state index contributed by atoms with van der Waals surface area (Å²) in [4.78, 5) is 2.32. The van der Waals surface area contributed by atoms with Gasteiger partial charge in [0.2, 0.25) is 10.0 Å². The Morgan fingerprint density at radius 1 is 1.02 bits per heavy atom. The highest BCUT2D eigenvalue weighted by Gasteiger charge is 2.30. The van der Waals surface area contributed by atoms with Crippen LogP contribution in [0.5, 0.6) is 0 Å². The SMILES string of the molecule is CS(=O)(=O)N1CCc2c(c(-c3ccc(Cl)c(C#Cc4ccc5c(c4)CNCC5)c3)nn2CC(O)CN2CCCCC2)C1. The van der Waals surface area contributed by atoms with Crippen LogP contribution in [-0.2, 0) is 42.5 Å². The van der Waals surface area contributed by atoms with Crippen molar-refractivity contribution >= 4 is 21.6 Å².